The molecular formula is C23H28N4OS. The quantitative estimate of drug-likeness (QED) is 0.562. The third-order valence-corrected chi connectivity index (χ3v) is 5.62. The number of carbonyl (C=O) groups is 1. The van der Waals surface area contributed by atoms with Crippen LogP contribution in [0.5, 0.6) is 0 Å². The van der Waals surface area contributed by atoms with Crippen LogP contribution < -0.4 is 5.32 Å². The minimum absolute atomic E-state index is 0.0396. The number of para-hydroxylation sites is 1. The zero-order chi connectivity index (χ0) is 21.0. The smallest absolute Gasteiger partial charge is 0.234 e. The van der Waals surface area contributed by atoms with Crippen molar-refractivity contribution in [1.29, 1.82) is 0 Å². The van der Waals surface area contributed by atoms with Gasteiger partial charge in [0.1, 0.15) is 0 Å². The average molecular weight is 409 g/mol. The second-order valence-electron chi connectivity index (χ2n) is 8.05. The highest BCUT2D eigenvalue weighted by Crippen LogP contribution is 2.30. The fourth-order valence-electron chi connectivity index (χ4n) is 3.24. The number of anilines is 1. The summed E-state index contributed by atoms with van der Waals surface area (Å²) in [6.45, 7) is 11.3. The molecule has 6 heteroatoms. The number of hydrogen-bond acceptors (Lipinski definition) is 4. The van der Waals surface area contributed by atoms with Gasteiger partial charge in [-0.2, -0.15) is 0 Å². The van der Waals surface area contributed by atoms with Crippen LogP contribution in [0.4, 0.5) is 5.69 Å². The largest absolute Gasteiger partial charge is 0.325 e. The summed E-state index contributed by atoms with van der Waals surface area (Å²) in [7, 11) is 0. The summed E-state index contributed by atoms with van der Waals surface area (Å²) in [6, 6.07) is 16.2. The Morgan fingerprint density at radius 2 is 1.86 bits per heavy atom. The third kappa shape index (κ3) is 5.07. The zero-order valence-corrected chi connectivity index (χ0v) is 18.5. The average Bonchev–Trinajstić information content (AvgIpc) is 3.09. The molecule has 0 aliphatic heterocycles. The van der Waals surface area contributed by atoms with Crippen LogP contribution in [0.1, 0.15) is 38.8 Å². The predicted octanol–water partition coefficient (Wildman–Crippen LogP) is 5.30. The van der Waals surface area contributed by atoms with Gasteiger partial charge in [0.15, 0.2) is 11.0 Å². The molecule has 152 valence electrons. The number of benzene rings is 2. The van der Waals surface area contributed by atoms with E-state index in [1.807, 2.05) is 30.3 Å². The van der Waals surface area contributed by atoms with E-state index in [4.69, 9.17) is 0 Å². The van der Waals surface area contributed by atoms with E-state index in [1.165, 1.54) is 17.3 Å². The molecule has 0 spiro atoms. The van der Waals surface area contributed by atoms with Gasteiger partial charge in [0.25, 0.3) is 0 Å². The fourth-order valence-corrected chi connectivity index (χ4v) is 4.04. The minimum atomic E-state index is -0.0468. The van der Waals surface area contributed by atoms with Crippen LogP contribution in [-0.4, -0.2) is 26.4 Å². The second kappa shape index (κ2) is 8.82. The number of hydrogen-bond donors (Lipinski definition) is 1. The molecule has 0 aliphatic carbocycles. The van der Waals surface area contributed by atoms with E-state index in [0.29, 0.717) is 0 Å². The molecule has 0 saturated carbocycles. The summed E-state index contributed by atoms with van der Waals surface area (Å²) >= 11 is 1.41. The predicted molar refractivity (Wildman–Crippen MR) is 120 cm³/mol. The highest BCUT2D eigenvalue weighted by molar-refractivity contribution is 7.99. The molecule has 0 radical (unpaired) electrons. The number of rotatable bonds is 6. The van der Waals surface area contributed by atoms with Crippen molar-refractivity contribution in [3.63, 3.8) is 0 Å². The minimum Gasteiger partial charge on any atom is -0.325 e. The molecule has 0 aliphatic rings. The van der Waals surface area contributed by atoms with Crippen LogP contribution >= 0.6 is 11.8 Å². The summed E-state index contributed by atoms with van der Waals surface area (Å²) < 4.78 is 2.05. The zero-order valence-electron chi connectivity index (χ0n) is 17.7. The molecule has 1 amide bonds. The first-order valence-corrected chi connectivity index (χ1v) is 10.8. The van der Waals surface area contributed by atoms with Gasteiger partial charge in [-0.25, -0.2) is 0 Å². The van der Waals surface area contributed by atoms with Gasteiger partial charge in [0.2, 0.25) is 5.91 Å². The van der Waals surface area contributed by atoms with Crippen molar-refractivity contribution >= 4 is 23.4 Å². The number of carbonyl (C=O) groups excluding carboxylic acids is 1. The first kappa shape index (κ1) is 21.1. The Bertz CT molecular complexity index is 1000. The molecule has 0 atom stereocenters. The number of aryl methyl sites for hydroxylation is 1. The highest BCUT2D eigenvalue weighted by atomic mass is 32.2. The molecule has 29 heavy (non-hydrogen) atoms. The van der Waals surface area contributed by atoms with Gasteiger partial charge in [-0.15, -0.1) is 10.2 Å². The van der Waals surface area contributed by atoms with Gasteiger partial charge in [-0.05, 0) is 37.0 Å². The lowest BCUT2D eigenvalue weighted by atomic mass is 9.86. The van der Waals surface area contributed by atoms with Crippen molar-refractivity contribution in [3.05, 3.63) is 59.7 Å². The summed E-state index contributed by atoms with van der Waals surface area (Å²) in [4.78, 5) is 12.6. The van der Waals surface area contributed by atoms with E-state index in [2.05, 4.69) is 72.9 Å². The van der Waals surface area contributed by atoms with Gasteiger partial charge in [-0.1, -0.05) is 74.5 Å². The molecule has 0 saturated heterocycles. The van der Waals surface area contributed by atoms with E-state index in [1.54, 1.807) is 0 Å². The van der Waals surface area contributed by atoms with Crippen LogP contribution in [0.2, 0.25) is 0 Å². The summed E-state index contributed by atoms with van der Waals surface area (Å²) in [5.74, 6) is 1.07. The molecule has 1 heterocycles. The van der Waals surface area contributed by atoms with Crippen LogP contribution in [0.25, 0.3) is 11.4 Å². The molecule has 3 rings (SSSR count). The van der Waals surface area contributed by atoms with Crippen molar-refractivity contribution in [2.24, 2.45) is 0 Å². The number of aromatic nitrogens is 3. The number of amides is 1. The second-order valence-corrected chi connectivity index (χ2v) is 8.99. The first-order valence-electron chi connectivity index (χ1n) is 9.82. The molecule has 0 fully saturated rings. The maximum Gasteiger partial charge on any atom is 0.234 e. The fraction of sp³-hybridized carbons (Fsp3) is 0.348. The molecule has 3 aromatic rings. The Labute approximate surface area is 176 Å². The van der Waals surface area contributed by atoms with Crippen LogP contribution in [0, 0.1) is 6.92 Å². The molecular weight excluding hydrogens is 380 g/mol. The standard InChI is InChI=1S/C23H28N4OS/c1-6-27-21(17-11-9-10-16(2)14-17)25-26-22(27)29-15-20(28)24-19-13-8-7-12-18(19)23(3,4)5/h7-14H,6,15H2,1-5H3,(H,24,28). The lowest BCUT2D eigenvalue weighted by molar-refractivity contribution is -0.113. The number of nitrogens with zero attached hydrogens (tertiary/aromatic N) is 3. The monoisotopic (exact) mass is 408 g/mol. The number of nitrogens with one attached hydrogen (secondary N) is 1. The Morgan fingerprint density at radius 1 is 1.10 bits per heavy atom. The SMILES string of the molecule is CCn1c(SCC(=O)Nc2ccccc2C(C)(C)C)nnc1-c1cccc(C)c1. The molecule has 1 aromatic heterocycles. The van der Waals surface area contributed by atoms with Gasteiger partial charge in [0, 0.05) is 17.8 Å². The normalized spacial score (nSPS) is 11.5. The lowest BCUT2D eigenvalue weighted by Crippen LogP contribution is -2.20. The first-order chi connectivity index (χ1) is 13.8. The summed E-state index contributed by atoms with van der Waals surface area (Å²) in [5.41, 5.74) is 4.16. The van der Waals surface area contributed by atoms with Crippen LogP contribution in [0.3, 0.4) is 0 Å². The molecule has 1 N–H and O–H groups in total. The Hall–Kier alpha value is -2.60. The van der Waals surface area contributed by atoms with Crippen molar-refractivity contribution in [2.75, 3.05) is 11.1 Å². The lowest BCUT2D eigenvalue weighted by Gasteiger charge is -2.22. The summed E-state index contributed by atoms with van der Waals surface area (Å²) in [6.07, 6.45) is 0. The van der Waals surface area contributed by atoms with E-state index in [0.717, 1.165) is 34.3 Å². The van der Waals surface area contributed by atoms with E-state index in [-0.39, 0.29) is 17.1 Å². The maximum absolute atomic E-state index is 12.6. The van der Waals surface area contributed by atoms with Gasteiger partial charge in [0.05, 0.1) is 5.75 Å². The Kier molecular flexibility index (Phi) is 6.42. The molecule has 0 unspecified atom stereocenters. The van der Waals surface area contributed by atoms with Crippen molar-refractivity contribution in [3.8, 4) is 11.4 Å². The van der Waals surface area contributed by atoms with Gasteiger partial charge >= 0.3 is 0 Å². The molecule has 5 nitrogen and oxygen atoms in total. The van der Waals surface area contributed by atoms with Crippen LogP contribution in [-0.2, 0) is 16.8 Å². The van der Waals surface area contributed by atoms with E-state index in [9.17, 15) is 4.79 Å². The van der Waals surface area contributed by atoms with E-state index < -0.39 is 0 Å². The maximum atomic E-state index is 12.6. The van der Waals surface area contributed by atoms with Crippen molar-refractivity contribution < 1.29 is 4.79 Å². The molecule has 2 aromatic carbocycles. The van der Waals surface area contributed by atoms with E-state index >= 15 is 0 Å². The topological polar surface area (TPSA) is 59.8 Å². The van der Waals surface area contributed by atoms with Gasteiger partial charge < -0.3 is 9.88 Å². The summed E-state index contributed by atoms with van der Waals surface area (Å²) in [5, 5.41) is 12.5. The number of thioether (sulfide) groups is 1. The Morgan fingerprint density at radius 3 is 2.55 bits per heavy atom. The van der Waals surface area contributed by atoms with Crippen LogP contribution in [0.15, 0.2) is 53.7 Å². The third-order valence-electron chi connectivity index (χ3n) is 4.65. The van der Waals surface area contributed by atoms with Crippen molar-refractivity contribution in [2.45, 2.75) is 51.7 Å². The van der Waals surface area contributed by atoms with Crippen molar-refractivity contribution in [1.82, 2.24) is 14.8 Å². The Balaban J connectivity index is 1.72. The molecule has 0 bridgehead atoms. The van der Waals surface area contributed by atoms with Gasteiger partial charge in [-0.3, -0.25) is 4.79 Å². The highest BCUT2D eigenvalue weighted by Gasteiger charge is 2.19.